The van der Waals surface area contributed by atoms with E-state index in [9.17, 15) is 29.7 Å². The largest absolute Gasteiger partial charge is 0.550 e. The van der Waals surface area contributed by atoms with E-state index in [0.717, 1.165) is 0 Å². The van der Waals surface area contributed by atoms with Crippen LogP contribution in [0.25, 0.3) is 0 Å². The van der Waals surface area contributed by atoms with Crippen molar-refractivity contribution in [2.24, 2.45) is 5.92 Å². The molecule has 0 heterocycles. The van der Waals surface area contributed by atoms with E-state index >= 15 is 0 Å². The minimum absolute atomic E-state index is 0.321. The number of carboxylic acid groups (broad SMARTS) is 3. The minimum atomic E-state index is -1.59. The number of rotatable bonds is 6. The molecule has 0 aliphatic carbocycles. The first kappa shape index (κ1) is 11.4. The third kappa shape index (κ3) is 5.66. The highest BCUT2D eigenvalue weighted by atomic mass is 16.4. The Balaban J connectivity index is 4.02. The van der Waals surface area contributed by atoms with Gasteiger partial charge in [0.1, 0.15) is 0 Å². The van der Waals surface area contributed by atoms with Crippen molar-refractivity contribution in [3.8, 4) is 0 Å². The van der Waals surface area contributed by atoms with Crippen molar-refractivity contribution in [2.75, 3.05) is 0 Å². The van der Waals surface area contributed by atoms with Gasteiger partial charge in [0.05, 0.1) is 0 Å². The first-order valence-corrected chi connectivity index (χ1v) is 3.54. The first-order chi connectivity index (χ1) is 5.93. The number of carbonyl (C=O) groups is 3. The van der Waals surface area contributed by atoms with Gasteiger partial charge in [-0.3, -0.25) is 0 Å². The highest BCUT2D eigenvalue weighted by Crippen LogP contribution is 2.09. The third-order valence-corrected chi connectivity index (χ3v) is 1.44. The summed E-state index contributed by atoms with van der Waals surface area (Å²) in [4.78, 5) is 30.2. The van der Waals surface area contributed by atoms with Gasteiger partial charge < -0.3 is 29.7 Å². The van der Waals surface area contributed by atoms with Gasteiger partial charge in [-0.25, -0.2) is 0 Å². The highest BCUT2D eigenvalue weighted by Gasteiger charge is 2.09. The maximum absolute atomic E-state index is 10.2. The van der Waals surface area contributed by atoms with Crippen LogP contribution in [0.5, 0.6) is 0 Å². The molecule has 0 aromatic heterocycles. The zero-order valence-corrected chi connectivity index (χ0v) is 6.65. The summed E-state index contributed by atoms with van der Waals surface area (Å²) < 4.78 is 0. The lowest BCUT2D eigenvalue weighted by molar-refractivity contribution is -0.321. The third-order valence-electron chi connectivity index (χ3n) is 1.44. The lowest BCUT2D eigenvalue weighted by Gasteiger charge is -2.18. The Morgan fingerprint density at radius 3 is 1.85 bits per heavy atom. The van der Waals surface area contributed by atoms with Crippen molar-refractivity contribution >= 4 is 17.9 Å². The lowest BCUT2D eigenvalue weighted by Crippen LogP contribution is -2.37. The average Bonchev–Trinajstić information content (AvgIpc) is 1.96. The van der Waals surface area contributed by atoms with Gasteiger partial charge in [-0.15, -0.1) is 0 Å². The fraction of sp³-hybridized carbons (Fsp3) is 0.571. The standard InChI is InChI=1S/C7H10O6/c8-5(9)2-1-4(7(12)13)3-6(10)11/h4H,1-3H2,(H,8,9)(H,10,11)(H,12,13)/p-3/t4-/m1/s1. The Labute approximate surface area is 73.8 Å². The molecule has 0 amide bonds. The predicted molar refractivity (Wildman–Crippen MR) is 32.4 cm³/mol. The summed E-state index contributed by atoms with van der Waals surface area (Å²) in [6.07, 6.45) is -1.57. The van der Waals surface area contributed by atoms with E-state index in [4.69, 9.17) is 0 Å². The molecule has 0 rings (SSSR count). The van der Waals surface area contributed by atoms with Gasteiger partial charge in [-0.2, -0.15) is 0 Å². The van der Waals surface area contributed by atoms with Crippen LogP contribution >= 0.6 is 0 Å². The normalized spacial score (nSPS) is 12.0. The Morgan fingerprint density at radius 2 is 1.54 bits per heavy atom. The molecule has 1 atom stereocenters. The molecule has 6 nitrogen and oxygen atoms in total. The summed E-state index contributed by atoms with van der Waals surface area (Å²) in [5.41, 5.74) is 0. The molecule has 0 fully saturated rings. The predicted octanol–water partition coefficient (Wildman–Crippen LogP) is -3.98. The molecule has 6 heteroatoms. The zero-order chi connectivity index (χ0) is 10.4. The summed E-state index contributed by atoms with van der Waals surface area (Å²) in [5.74, 6) is -5.90. The second-order valence-electron chi connectivity index (χ2n) is 2.50. The number of aliphatic carboxylic acids is 3. The molecule has 0 aromatic rings. The number of carbonyl (C=O) groups excluding carboxylic acids is 3. The Kier molecular flexibility index (Phi) is 4.50. The van der Waals surface area contributed by atoms with Crippen LogP contribution in [0.1, 0.15) is 19.3 Å². The van der Waals surface area contributed by atoms with Crippen molar-refractivity contribution in [2.45, 2.75) is 19.3 Å². The molecular weight excluding hydrogens is 180 g/mol. The lowest BCUT2D eigenvalue weighted by atomic mass is 10.00. The molecule has 74 valence electrons. The molecule has 0 saturated heterocycles. The van der Waals surface area contributed by atoms with E-state index in [2.05, 4.69) is 0 Å². The summed E-state index contributed by atoms with van der Waals surface area (Å²) in [6.45, 7) is 0. The minimum Gasteiger partial charge on any atom is -0.550 e. The number of hydrogen-bond acceptors (Lipinski definition) is 6. The van der Waals surface area contributed by atoms with Crippen LogP contribution in [0.15, 0.2) is 0 Å². The topological polar surface area (TPSA) is 120 Å². The summed E-state index contributed by atoms with van der Waals surface area (Å²) in [5, 5.41) is 30.2. The Bertz CT molecular complexity index is 221. The smallest absolute Gasteiger partial charge is 0.0449 e. The fourth-order valence-electron chi connectivity index (χ4n) is 0.797. The molecule has 13 heavy (non-hydrogen) atoms. The molecular formula is C7H7O6-3. The second-order valence-corrected chi connectivity index (χ2v) is 2.50. The van der Waals surface area contributed by atoms with Gasteiger partial charge in [0.15, 0.2) is 0 Å². The molecule has 0 aliphatic rings. The van der Waals surface area contributed by atoms with E-state index in [0.29, 0.717) is 0 Å². The van der Waals surface area contributed by atoms with Crippen LogP contribution < -0.4 is 15.3 Å². The van der Waals surface area contributed by atoms with Crippen LogP contribution in [0.2, 0.25) is 0 Å². The monoisotopic (exact) mass is 187 g/mol. The molecule has 0 spiro atoms. The number of carboxylic acids is 3. The van der Waals surface area contributed by atoms with E-state index in [-0.39, 0.29) is 6.42 Å². The molecule has 0 aliphatic heterocycles. The van der Waals surface area contributed by atoms with Gasteiger partial charge in [-0.05, 0) is 19.3 Å². The van der Waals surface area contributed by atoms with Crippen molar-refractivity contribution in [3.05, 3.63) is 0 Å². The van der Waals surface area contributed by atoms with Crippen LogP contribution in [-0.4, -0.2) is 17.9 Å². The molecule has 0 saturated carbocycles. The SMILES string of the molecule is O=C([O-])CC[C@H](CC(=O)[O-])C(=O)[O-]. The van der Waals surface area contributed by atoms with E-state index in [1.54, 1.807) is 0 Å². The van der Waals surface area contributed by atoms with Crippen molar-refractivity contribution < 1.29 is 29.7 Å². The van der Waals surface area contributed by atoms with Crippen LogP contribution in [0, 0.1) is 5.92 Å². The van der Waals surface area contributed by atoms with Crippen LogP contribution in [-0.2, 0) is 14.4 Å². The van der Waals surface area contributed by atoms with Crippen molar-refractivity contribution in [1.29, 1.82) is 0 Å². The Morgan fingerprint density at radius 1 is 1.00 bits per heavy atom. The summed E-state index contributed by atoms with van der Waals surface area (Å²) in [6, 6.07) is 0. The molecule has 0 N–H and O–H groups in total. The Hall–Kier alpha value is -1.59. The van der Waals surface area contributed by atoms with E-state index < -0.39 is 36.7 Å². The zero-order valence-electron chi connectivity index (χ0n) is 6.65. The first-order valence-electron chi connectivity index (χ1n) is 3.54. The van der Waals surface area contributed by atoms with Crippen molar-refractivity contribution in [3.63, 3.8) is 0 Å². The fourth-order valence-corrected chi connectivity index (χ4v) is 0.797. The average molecular weight is 187 g/mol. The van der Waals surface area contributed by atoms with Gasteiger partial charge >= 0.3 is 0 Å². The molecule has 0 radical (unpaired) electrons. The van der Waals surface area contributed by atoms with Gasteiger partial charge in [0.2, 0.25) is 0 Å². The van der Waals surface area contributed by atoms with Gasteiger partial charge in [-0.1, -0.05) is 0 Å². The van der Waals surface area contributed by atoms with Gasteiger partial charge in [0.25, 0.3) is 0 Å². The maximum Gasteiger partial charge on any atom is 0.0449 e. The van der Waals surface area contributed by atoms with E-state index in [1.807, 2.05) is 0 Å². The van der Waals surface area contributed by atoms with Crippen LogP contribution in [0.4, 0.5) is 0 Å². The molecule has 0 aromatic carbocycles. The second kappa shape index (κ2) is 5.13. The quantitative estimate of drug-likeness (QED) is 0.418. The number of hydrogen-bond donors (Lipinski definition) is 0. The molecule has 0 unspecified atom stereocenters. The highest BCUT2D eigenvalue weighted by molar-refractivity contribution is 5.76. The van der Waals surface area contributed by atoms with E-state index in [1.165, 1.54) is 0 Å². The summed E-state index contributed by atoms with van der Waals surface area (Å²) in [7, 11) is 0. The van der Waals surface area contributed by atoms with Crippen molar-refractivity contribution in [1.82, 2.24) is 0 Å². The molecule has 0 bridgehead atoms. The summed E-state index contributed by atoms with van der Waals surface area (Å²) >= 11 is 0. The van der Waals surface area contributed by atoms with Gasteiger partial charge in [0, 0.05) is 23.8 Å². The maximum atomic E-state index is 10.2. The van der Waals surface area contributed by atoms with Crippen LogP contribution in [0.3, 0.4) is 0 Å².